The van der Waals surface area contributed by atoms with Crippen LogP contribution < -0.4 is 0 Å². The molecule has 0 aliphatic carbocycles. The summed E-state index contributed by atoms with van der Waals surface area (Å²) in [5.74, 6) is -0.175. The van der Waals surface area contributed by atoms with E-state index < -0.39 is 16.9 Å². The number of nitriles is 2. The predicted molar refractivity (Wildman–Crippen MR) is 71.1 cm³/mol. The van der Waals surface area contributed by atoms with Crippen LogP contribution in [0.5, 0.6) is 0 Å². The van der Waals surface area contributed by atoms with Crippen LogP contribution >= 0.6 is 0 Å². The smallest absolute Gasteiger partial charge is 0.236 e. The average Bonchev–Trinajstić information content (AvgIpc) is 2.34. The van der Waals surface area contributed by atoms with Crippen molar-refractivity contribution in [2.24, 2.45) is 10.8 Å². The summed E-state index contributed by atoms with van der Waals surface area (Å²) in [6.07, 6.45) is -0.624. The molecule has 1 N–H and O–H groups in total. The topological polar surface area (TPSA) is 91.4 Å². The molecular weight excluding hydrogens is 256 g/mol. The van der Waals surface area contributed by atoms with E-state index >= 15 is 0 Å². The Balaban J connectivity index is 2.24. The van der Waals surface area contributed by atoms with Crippen LogP contribution in [0, 0.1) is 33.5 Å². The minimum Gasteiger partial charge on any atom is -0.392 e. The fourth-order valence-electron chi connectivity index (χ4n) is 3.86. The standard InChI is InChI=1S/C14H20N4O2/c1-13-7-17(6-5-16)8-14(2,12(13)20)10-18(9-13)11(19)3-4-15/h12,20H,3,6-10H2,1-2H3/t12?,13-,14+. The van der Waals surface area contributed by atoms with Gasteiger partial charge in [0, 0.05) is 37.0 Å². The predicted octanol–water partition coefficient (Wildman–Crippen LogP) is -0.0450. The third-order valence-corrected chi connectivity index (χ3v) is 4.47. The quantitative estimate of drug-likeness (QED) is 0.714. The highest BCUT2D eigenvalue weighted by atomic mass is 16.3. The highest BCUT2D eigenvalue weighted by Gasteiger charge is 2.56. The first kappa shape index (κ1) is 14.8. The Morgan fingerprint density at radius 1 is 1.20 bits per heavy atom. The van der Waals surface area contributed by atoms with Gasteiger partial charge in [0.1, 0.15) is 6.42 Å². The van der Waals surface area contributed by atoms with Gasteiger partial charge in [-0.05, 0) is 0 Å². The number of fused-ring (bicyclic) bond motifs is 2. The van der Waals surface area contributed by atoms with Crippen molar-refractivity contribution in [1.82, 2.24) is 9.80 Å². The molecule has 3 atom stereocenters. The number of rotatable bonds is 2. The summed E-state index contributed by atoms with van der Waals surface area (Å²) in [7, 11) is 0. The minimum absolute atomic E-state index is 0.121. The van der Waals surface area contributed by atoms with Crippen molar-refractivity contribution < 1.29 is 9.90 Å². The summed E-state index contributed by atoms with van der Waals surface area (Å²) in [4.78, 5) is 15.7. The maximum atomic E-state index is 12.0. The van der Waals surface area contributed by atoms with Crippen molar-refractivity contribution in [3.05, 3.63) is 0 Å². The third-order valence-electron chi connectivity index (χ3n) is 4.47. The first-order valence-electron chi connectivity index (χ1n) is 6.77. The highest BCUT2D eigenvalue weighted by molar-refractivity contribution is 5.78. The van der Waals surface area contributed by atoms with Crippen molar-refractivity contribution in [3.8, 4) is 12.1 Å². The van der Waals surface area contributed by atoms with Gasteiger partial charge in [-0.2, -0.15) is 10.5 Å². The molecule has 1 amide bonds. The first-order valence-corrected chi connectivity index (χ1v) is 6.77. The number of aliphatic hydroxyl groups excluding tert-OH is 1. The number of carbonyl (C=O) groups excluding carboxylic acids is 1. The lowest BCUT2D eigenvalue weighted by molar-refractivity contribution is -0.180. The average molecular weight is 276 g/mol. The Morgan fingerprint density at radius 3 is 2.20 bits per heavy atom. The van der Waals surface area contributed by atoms with E-state index in [0.717, 1.165) is 0 Å². The van der Waals surface area contributed by atoms with Crippen molar-refractivity contribution in [3.63, 3.8) is 0 Å². The van der Waals surface area contributed by atoms with E-state index in [1.165, 1.54) is 0 Å². The van der Waals surface area contributed by atoms with Crippen molar-refractivity contribution in [1.29, 1.82) is 10.5 Å². The maximum absolute atomic E-state index is 12.0. The third kappa shape index (κ3) is 2.37. The second kappa shape index (κ2) is 5.05. The van der Waals surface area contributed by atoms with Crippen LogP contribution in [-0.4, -0.2) is 59.6 Å². The Morgan fingerprint density at radius 2 is 1.75 bits per heavy atom. The molecule has 2 saturated heterocycles. The molecule has 0 aromatic heterocycles. The molecule has 20 heavy (non-hydrogen) atoms. The van der Waals surface area contributed by atoms with E-state index in [2.05, 4.69) is 6.07 Å². The van der Waals surface area contributed by atoms with Gasteiger partial charge in [-0.25, -0.2) is 0 Å². The molecule has 6 nitrogen and oxygen atoms in total. The van der Waals surface area contributed by atoms with Gasteiger partial charge in [0.05, 0.1) is 24.8 Å². The van der Waals surface area contributed by atoms with Crippen LogP contribution in [0.25, 0.3) is 0 Å². The Labute approximate surface area is 119 Å². The summed E-state index contributed by atoms with van der Waals surface area (Å²) in [5.41, 5.74) is -0.902. The second-order valence-electron chi connectivity index (χ2n) is 6.60. The van der Waals surface area contributed by atoms with Gasteiger partial charge < -0.3 is 10.0 Å². The minimum atomic E-state index is -0.504. The molecule has 6 heteroatoms. The number of hydrogen-bond donors (Lipinski definition) is 1. The van der Waals surface area contributed by atoms with Gasteiger partial charge >= 0.3 is 0 Å². The van der Waals surface area contributed by atoms with Gasteiger partial charge in [0.2, 0.25) is 5.91 Å². The molecule has 1 unspecified atom stereocenters. The zero-order chi connectivity index (χ0) is 15.0. The molecule has 0 saturated carbocycles. The number of aliphatic hydroxyl groups is 1. The van der Waals surface area contributed by atoms with Crippen LogP contribution in [0.4, 0.5) is 0 Å². The van der Waals surface area contributed by atoms with Crippen molar-refractivity contribution in [2.75, 3.05) is 32.7 Å². The lowest BCUT2D eigenvalue weighted by atomic mass is 9.63. The van der Waals surface area contributed by atoms with Gasteiger partial charge in [-0.3, -0.25) is 9.69 Å². The Kier molecular flexibility index (Phi) is 3.73. The summed E-state index contributed by atoms with van der Waals surface area (Å²) in [6.45, 7) is 6.29. The van der Waals surface area contributed by atoms with Crippen molar-refractivity contribution >= 4 is 5.91 Å². The molecule has 0 spiro atoms. The molecule has 0 aromatic carbocycles. The monoisotopic (exact) mass is 276 g/mol. The molecule has 2 aliphatic rings. The van der Waals surface area contributed by atoms with Crippen LogP contribution in [0.3, 0.4) is 0 Å². The van der Waals surface area contributed by atoms with E-state index in [-0.39, 0.29) is 12.3 Å². The number of carbonyl (C=O) groups is 1. The van der Waals surface area contributed by atoms with E-state index in [4.69, 9.17) is 10.5 Å². The number of hydrogen-bond acceptors (Lipinski definition) is 5. The number of piperidine rings is 2. The second-order valence-corrected chi connectivity index (χ2v) is 6.60. The number of likely N-dealkylation sites (tertiary alicyclic amines) is 2. The highest BCUT2D eigenvalue weighted by Crippen LogP contribution is 2.45. The fourth-order valence-corrected chi connectivity index (χ4v) is 3.86. The van der Waals surface area contributed by atoms with E-state index in [1.54, 1.807) is 4.90 Å². The van der Waals surface area contributed by atoms with Crippen LogP contribution in [0.15, 0.2) is 0 Å². The summed E-state index contributed by atoms with van der Waals surface area (Å²) in [6, 6.07) is 4.04. The maximum Gasteiger partial charge on any atom is 0.236 e. The largest absolute Gasteiger partial charge is 0.392 e. The molecule has 2 rings (SSSR count). The van der Waals surface area contributed by atoms with Gasteiger partial charge in [0.25, 0.3) is 0 Å². The molecule has 2 heterocycles. The van der Waals surface area contributed by atoms with Crippen molar-refractivity contribution in [2.45, 2.75) is 26.4 Å². The molecule has 0 radical (unpaired) electrons. The Bertz CT molecular complexity index is 472. The molecular formula is C14H20N4O2. The van der Waals surface area contributed by atoms with Gasteiger partial charge in [-0.1, -0.05) is 13.8 Å². The lowest BCUT2D eigenvalue weighted by Gasteiger charge is -2.59. The van der Waals surface area contributed by atoms with Crippen LogP contribution in [0.2, 0.25) is 0 Å². The SMILES string of the molecule is C[C@]12CN(CC#N)C[C@](C)(CN(C(=O)CC#N)C1)C2O. The Hall–Kier alpha value is -1.63. The number of amides is 1. The normalized spacial score (nSPS) is 37.0. The summed E-state index contributed by atoms with van der Waals surface area (Å²) < 4.78 is 0. The van der Waals surface area contributed by atoms with E-state index in [9.17, 15) is 9.90 Å². The van der Waals surface area contributed by atoms with Gasteiger partial charge in [0.15, 0.2) is 0 Å². The molecule has 108 valence electrons. The van der Waals surface area contributed by atoms with Gasteiger partial charge in [-0.15, -0.1) is 0 Å². The first-order chi connectivity index (χ1) is 9.34. The summed E-state index contributed by atoms with van der Waals surface area (Å²) >= 11 is 0. The molecule has 2 bridgehead atoms. The molecule has 0 aromatic rings. The van der Waals surface area contributed by atoms with E-state index in [1.807, 2.05) is 24.8 Å². The number of nitrogens with zero attached hydrogens (tertiary/aromatic N) is 4. The molecule has 2 aliphatic heterocycles. The fraction of sp³-hybridized carbons (Fsp3) is 0.786. The van der Waals surface area contributed by atoms with Crippen LogP contribution in [-0.2, 0) is 4.79 Å². The zero-order valence-corrected chi connectivity index (χ0v) is 12.0. The molecule has 2 fully saturated rings. The zero-order valence-electron chi connectivity index (χ0n) is 12.0. The summed E-state index contributed by atoms with van der Waals surface area (Å²) in [5, 5.41) is 28.2. The van der Waals surface area contributed by atoms with Crippen LogP contribution in [0.1, 0.15) is 20.3 Å². The lowest BCUT2D eigenvalue weighted by Crippen LogP contribution is -2.70. The van der Waals surface area contributed by atoms with E-state index in [0.29, 0.717) is 32.7 Å².